The van der Waals surface area contributed by atoms with Crippen molar-refractivity contribution >= 4 is 22.9 Å². The fourth-order valence-corrected chi connectivity index (χ4v) is 3.26. The van der Waals surface area contributed by atoms with E-state index in [-0.39, 0.29) is 6.42 Å². The van der Waals surface area contributed by atoms with Gasteiger partial charge in [0.25, 0.3) is 5.91 Å². The summed E-state index contributed by atoms with van der Waals surface area (Å²) in [6.07, 6.45) is 0.205. The van der Waals surface area contributed by atoms with Gasteiger partial charge in [-0.2, -0.15) is 0 Å². The first-order valence-electron chi connectivity index (χ1n) is 7.60. The molecule has 4 nitrogen and oxygen atoms in total. The third-order valence-electron chi connectivity index (χ3n) is 3.70. The molecule has 0 saturated carbocycles. The van der Waals surface area contributed by atoms with Crippen molar-refractivity contribution in [2.75, 3.05) is 5.43 Å². The van der Waals surface area contributed by atoms with Crippen LogP contribution in [-0.4, -0.2) is 11.0 Å². The Hall–Kier alpha value is -2.63. The van der Waals surface area contributed by atoms with Gasteiger partial charge in [0.2, 0.25) is 0 Å². The van der Waals surface area contributed by atoms with Crippen LogP contribution in [0.25, 0.3) is 0 Å². The Kier molecular flexibility index (Phi) is 4.93. The number of aliphatic hydroxyl groups is 1. The maximum atomic E-state index is 12.7. The molecule has 2 aromatic carbocycles. The molecule has 0 radical (unpaired) electrons. The fraction of sp³-hybridized carbons (Fsp3) is 0.105. The zero-order valence-corrected chi connectivity index (χ0v) is 13.8. The third-order valence-corrected chi connectivity index (χ3v) is 4.72. The Balaban J connectivity index is 1.80. The number of rotatable bonds is 6. The van der Waals surface area contributed by atoms with Gasteiger partial charge >= 0.3 is 0 Å². The SMILES string of the molecule is O=C(NNc1ccccc1)[C@](O)(Cc1ccccc1)c1cccs1. The number of benzene rings is 2. The summed E-state index contributed by atoms with van der Waals surface area (Å²) < 4.78 is 0. The van der Waals surface area contributed by atoms with Gasteiger partial charge in [0.15, 0.2) is 5.60 Å². The minimum Gasteiger partial charge on any atom is -0.374 e. The molecule has 24 heavy (non-hydrogen) atoms. The molecule has 122 valence electrons. The standard InChI is InChI=1S/C19H18N2O2S/c22-18(21-20-16-10-5-2-6-11-16)19(23,17-12-7-13-24-17)14-15-8-3-1-4-9-15/h1-13,20,23H,14H2,(H,21,22)/t19-/m0/s1. The zero-order valence-electron chi connectivity index (χ0n) is 13.0. The van der Waals surface area contributed by atoms with Crippen LogP contribution >= 0.6 is 11.3 Å². The summed E-state index contributed by atoms with van der Waals surface area (Å²) in [7, 11) is 0. The van der Waals surface area contributed by atoms with Crippen molar-refractivity contribution in [1.29, 1.82) is 0 Å². The number of para-hydroxylation sites is 1. The Bertz CT molecular complexity index is 776. The van der Waals surface area contributed by atoms with Gasteiger partial charge in [0.05, 0.1) is 5.69 Å². The molecule has 3 aromatic rings. The molecule has 0 aliphatic carbocycles. The number of hydrogen-bond acceptors (Lipinski definition) is 4. The first-order valence-corrected chi connectivity index (χ1v) is 8.48. The normalized spacial score (nSPS) is 13.0. The molecule has 0 spiro atoms. The van der Waals surface area contributed by atoms with Gasteiger partial charge < -0.3 is 5.11 Å². The molecule has 0 fully saturated rings. The van der Waals surface area contributed by atoms with Crippen LogP contribution < -0.4 is 10.9 Å². The van der Waals surface area contributed by atoms with Crippen LogP contribution in [0, 0.1) is 0 Å². The summed E-state index contributed by atoms with van der Waals surface area (Å²) in [6.45, 7) is 0. The van der Waals surface area contributed by atoms with E-state index in [0.717, 1.165) is 11.3 Å². The minimum atomic E-state index is -1.63. The van der Waals surface area contributed by atoms with Gasteiger partial charge in [0, 0.05) is 11.3 Å². The van der Waals surface area contributed by atoms with Crippen LogP contribution in [0.5, 0.6) is 0 Å². The van der Waals surface area contributed by atoms with E-state index in [1.165, 1.54) is 11.3 Å². The molecule has 0 bridgehead atoms. The molecule has 0 unspecified atom stereocenters. The number of amides is 1. The van der Waals surface area contributed by atoms with Gasteiger partial charge in [-0.1, -0.05) is 54.6 Å². The minimum absolute atomic E-state index is 0.205. The van der Waals surface area contributed by atoms with Crippen molar-refractivity contribution in [3.05, 3.63) is 88.6 Å². The third kappa shape index (κ3) is 3.64. The second-order valence-electron chi connectivity index (χ2n) is 5.45. The van der Waals surface area contributed by atoms with Crippen molar-refractivity contribution in [3.8, 4) is 0 Å². The van der Waals surface area contributed by atoms with Gasteiger partial charge in [-0.05, 0) is 29.1 Å². The molecule has 1 heterocycles. The lowest BCUT2D eigenvalue weighted by molar-refractivity contribution is -0.139. The molecular formula is C19H18N2O2S. The Morgan fingerprint density at radius 3 is 2.25 bits per heavy atom. The average Bonchev–Trinajstić information content (AvgIpc) is 3.16. The van der Waals surface area contributed by atoms with E-state index in [9.17, 15) is 9.90 Å². The number of hydrogen-bond donors (Lipinski definition) is 3. The molecule has 1 aromatic heterocycles. The summed E-state index contributed by atoms with van der Waals surface area (Å²) in [4.78, 5) is 13.3. The van der Waals surface area contributed by atoms with E-state index in [4.69, 9.17) is 0 Å². The number of nitrogens with one attached hydrogen (secondary N) is 2. The van der Waals surface area contributed by atoms with Crippen molar-refractivity contribution in [3.63, 3.8) is 0 Å². The number of hydrazine groups is 1. The average molecular weight is 338 g/mol. The van der Waals surface area contributed by atoms with Crippen molar-refractivity contribution in [1.82, 2.24) is 5.43 Å². The number of anilines is 1. The van der Waals surface area contributed by atoms with Crippen LogP contribution in [-0.2, 0) is 16.8 Å². The summed E-state index contributed by atoms with van der Waals surface area (Å²) in [5.74, 6) is -0.488. The molecule has 3 rings (SSSR count). The van der Waals surface area contributed by atoms with Crippen LogP contribution in [0.2, 0.25) is 0 Å². The zero-order chi connectivity index (χ0) is 16.8. The molecule has 1 amide bonds. The number of thiophene rings is 1. The van der Waals surface area contributed by atoms with Gasteiger partial charge in [0.1, 0.15) is 0 Å². The maximum Gasteiger partial charge on any atom is 0.276 e. The molecular weight excluding hydrogens is 320 g/mol. The van der Waals surface area contributed by atoms with Crippen molar-refractivity contribution in [2.24, 2.45) is 0 Å². The maximum absolute atomic E-state index is 12.7. The second-order valence-corrected chi connectivity index (χ2v) is 6.39. The molecule has 0 aliphatic heterocycles. The van der Waals surface area contributed by atoms with E-state index >= 15 is 0 Å². The Labute approximate surface area is 144 Å². The highest BCUT2D eigenvalue weighted by Crippen LogP contribution is 2.30. The highest BCUT2D eigenvalue weighted by atomic mass is 32.1. The number of carbonyl (C=O) groups excluding carboxylic acids is 1. The van der Waals surface area contributed by atoms with Crippen molar-refractivity contribution in [2.45, 2.75) is 12.0 Å². The monoisotopic (exact) mass is 338 g/mol. The van der Waals surface area contributed by atoms with Crippen LogP contribution in [0.15, 0.2) is 78.2 Å². The van der Waals surface area contributed by atoms with Crippen LogP contribution in [0.3, 0.4) is 0 Å². The van der Waals surface area contributed by atoms with Gasteiger partial charge in [-0.25, -0.2) is 0 Å². The summed E-state index contributed by atoms with van der Waals surface area (Å²) in [5.41, 5.74) is 5.47. The summed E-state index contributed by atoms with van der Waals surface area (Å²) in [5, 5.41) is 13.0. The molecule has 0 saturated heterocycles. The highest BCUT2D eigenvalue weighted by molar-refractivity contribution is 7.10. The first kappa shape index (κ1) is 16.2. The lowest BCUT2D eigenvalue weighted by Gasteiger charge is -2.26. The molecule has 1 atom stereocenters. The van der Waals surface area contributed by atoms with E-state index in [1.807, 2.05) is 72.1 Å². The number of carbonyl (C=O) groups is 1. The molecule has 0 aliphatic rings. The van der Waals surface area contributed by atoms with E-state index < -0.39 is 11.5 Å². The van der Waals surface area contributed by atoms with Crippen molar-refractivity contribution < 1.29 is 9.90 Å². The predicted octanol–water partition coefficient (Wildman–Crippen LogP) is 3.32. The fourth-order valence-electron chi connectivity index (χ4n) is 2.44. The van der Waals surface area contributed by atoms with Gasteiger partial charge in [-0.3, -0.25) is 15.6 Å². The highest BCUT2D eigenvalue weighted by Gasteiger charge is 2.39. The lowest BCUT2D eigenvalue weighted by atomic mass is 9.92. The van der Waals surface area contributed by atoms with E-state index in [1.54, 1.807) is 6.07 Å². The quantitative estimate of drug-likeness (QED) is 0.604. The molecule has 3 N–H and O–H groups in total. The largest absolute Gasteiger partial charge is 0.374 e. The predicted molar refractivity (Wildman–Crippen MR) is 96.6 cm³/mol. The topological polar surface area (TPSA) is 61.4 Å². The second kappa shape index (κ2) is 7.29. The Morgan fingerprint density at radius 1 is 0.958 bits per heavy atom. The van der Waals surface area contributed by atoms with Gasteiger partial charge in [-0.15, -0.1) is 11.3 Å². The smallest absolute Gasteiger partial charge is 0.276 e. The van der Waals surface area contributed by atoms with Crippen LogP contribution in [0.4, 0.5) is 5.69 Å². The Morgan fingerprint density at radius 2 is 1.62 bits per heavy atom. The summed E-state index contributed by atoms with van der Waals surface area (Å²) in [6, 6.07) is 22.4. The summed E-state index contributed by atoms with van der Waals surface area (Å²) >= 11 is 1.36. The first-order chi connectivity index (χ1) is 11.7. The van der Waals surface area contributed by atoms with E-state index in [0.29, 0.717) is 4.88 Å². The van der Waals surface area contributed by atoms with E-state index in [2.05, 4.69) is 10.9 Å². The lowest BCUT2D eigenvalue weighted by Crippen LogP contribution is -2.47. The van der Waals surface area contributed by atoms with Crippen LogP contribution in [0.1, 0.15) is 10.4 Å². The molecule has 5 heteroatoms.